The molecule has 0 aliphatic heterocycles. The molecule has 0 aromatic carbocycles. The molecule has 1 unspecified atom stereocenters. The van der Waals surface area contributed by atoms with Crippen molar-refractivity contribution in [3.8, 4) is 0 Å². The Morgan fingerprint density at radius 3 is 2.92 bits per heavy atom. The summed E-state index contributed by atoms with van der Waals surface area (Å²) in [6, 6.07) is 1.38. The predicted molar refractivity (Wildman–Crippen MR) is 88.3 cm³/mol. The SMILES string of the molecule is Cc1cncc(CNC(=O)NC(C)c2nc(C3CCCC3)no2)c1. The summed E-state index contributed by atoms with van der Waals surface area (Å²) in [4.78, 5) is 20.6. The largest absolute Gasteiger partial charge is 0.337 e. The van der Waals surface area contributed by atoms with Gasteiger partial charge in [-0.05, 0) is 37.8 Å². The van der Waals surface area contributed by atoms with Gasteiger partial charge in [-0.1, -0.05) is 24.1 Å². The lowest BCUT2D eigenvalue weighted by Crippen LogP contribution is -2.36. The van der Waals surface area contributed by atoms with Crippen molar-refractivity contribution in [2.24, 2.45) is 0 Å². The second-order valence-corrected chi connectivity index (χ2v) is 6.39. The molecule has 2 aromatic heterocycles. The van der Waals surface area contributed by atoms with Gasteiger partial charge < -0.3 is 15.2 Å². The van der Waals surface area contributed by atoms with Crippen molar-refractivity contribution in [1.82, 2.24) is 25.8 Å². The summed E-state index contributed by atoms with van der Waals surface area (Å²) in [5.41, 5.74) is 2.02. The number of aromatic nitrogens is 3. The van der Waals surface area contributed by atoms with Crippen LogP contribution in [0.5, 0.6) is 0 Å². The predicted octanol–water partition coefficient (Wildman–Crippen LogP) is 2.99. The van der Waals surface area contributed by atoms with Gasteiger partial charge in [0.25, 0.3) is 0 Å². The zero-order chi connectivity index (χ0) is 16.9. The Balaban J connectivity index is 1.50. The van der Waals surface area contributed by atoms with E-state index in [2.05, 4.69) is 25.8 Å². The monoisotopic (exact) mass is 329 g/mol. The molecule has 2 N–H and O–H groups in total. The first-order valence-corrected chi connectivity index (χ1v) is 8.40. The highest BCUT2D eigenvalue weighted by molar-refractivity contribution is 5.74. The Morgan fingerprint density at radius 2 is 2.17 bits per heavy atom. The summed E-state index contributed by atoms with van der Waals surface area (Å²) in [6.07, 6.45) is 8.19. The lowest BCUT2D eigenvalue weighted by atomic mass is 10.1. The molecule has 3 rings (SSSR count). The first-order valence-electron chi connectivity index (χ1n) is 8.40. The van der Waals surface area contributed by atoms with Gasteiger partial charge in [0, 0.05) is 24.9 Å². The number of nitrogens with zero attached hydrogens (tertiary/aromatic N) is 3. The molecule has 2 amide bonds. The number of pyridine rings is 1. The minimum atomic E-state index is -0.330. The molecule has 1 atom stereocenters. The van der Waals surface area contributed by atoms with Crippen LogP contribution in [0, 0.1) is 6.92 Å². The van der Waals surface area contributed by atoms with E-state index in [1.807, 2.05) is 19.9 Å². The Morgan fingerprint density at radius 1 is 1.38 bits per heavy atom. The van der Waals surface area contributed by atoms with E-state index in [0.29, 0.717) is 18.4 Å². The number of aryl methyl sites for hydroxylation is 1. The molecule has 2 aromatic rings. The Labute approximate surface area is 141 Å². The van der Waals surface area contributed by atoms with E-state index in [4.69, 9.17) is 4.52 Å². The molecule has 7 heteroatoms. The number of urea groups is 1. The number of hydrogen-bond donors (Lipinski definition) is 2. The molecule has 7 nitrogen and oxygen atoms in total. The third-order valence-electron chi connectivity index (χ3n) is 4.28. The topological polar surface area (TPSA) is 92.9 Å². The first kappa shape index (κ1) is 16.4. The van der Waals surface area contributed by atoms with Crippen molar-refractivity contribution >= 4 is 6.03 Å². The maximum Gasteiger partial charge on any atom is 0.315 e. The van der Waals surface area contributed by atoms with Crippen LogP contribution in [0.3, 0.4) is 0 Å². The fraction of sp³-hybridized carbons (Fsp3) is 0.529. The van der Waals surface area contributed by atoms with Crippen LogP contribution in [-0.2, 0) is 6.54 Å². The number of nitrogens with one attached hydrogen (secondary N) is 2. The fourth-order valence-electron chi connectivity index (χ4n) is 2.98. The van der Waals surface area contributed by atoms with E-state index in [9.17, 15) is 4.79 Å². The number of carbonyl (C=O) groups is 1. The standard InChI is InChI=1S/C17H23N5O2/c1-11-7-13(9-18-8-11)10-19-17(23)20-12(2)16-21-15(22-24-16)14-5-3-4-6-14/h7-9,12,14H,3-6,10H2,1-2H3,(H2,19,20,23). The molecule has 1 fully saturated rings. The molecule has 0 bridgehead atoms. The van der Waals surface area contributed by atoms with Crippen molar-refractivity contribution in [1.29, 1.82) is 0 Å². The lowest BCUT2D eigenvalue weighted by Gasteiger charge is -2.11. The van der Waals surface area contributed by atoms with Gasteiger partial charge in [0.15, 0.2) is 5.82 Å². The minimum absolute atomic E-state index is 0.273. The summed E-state index contributed by atoms with van der Waals surface area (Å²) in [7, 11) is 0. The van der Waals surface area contributed by atoms with Crippen LogP contribution in [0.4, 0.5) is 4.79 Å². The van der Waals surface area contributed by atoms with Crippen LogP contribution < -0.4 is 10.6 Å². The Kier molecular flexibility index (Phi) is 5.08. The highest BCUT2D eigenvalue weighted by Crippen LogP contribution is 2.32. The maximum atomic E-state index is 12.0. The number of rotatable bonds is 5. The number of hydrogen-bond acceptors (Lipinski definition) is 5. The van der Waals surface area contributed by atoms with Gasteiger partial charge in [-0.2, -0.15) is 4.98 Å². The molecule has 24 heavy (non-hydrogen) atoms. The summed E-state index contributed by atoms with van der Waals surface area (Å²) in [5.74, 6) is 1.61. The molecule has 128 valence electrons. The van der Waals surface area contributed by atoms with Crippen LogP contribution in [0.2, 0.25) is 0 Å². The Hall–Kier alpha value is -2.44. The second-order valence-electron chi connectivity index (χ2n) is 6.39. The van der Waals surface area contributed by atoms with E-state index in [1.54, 1.807) is 12.4 Å². The molecular weight excluding hydrogens is 306 g/mol. The van der Waals surface area contributed by atoms with Crippen LogP contribution in [-0.4, -0.2) is 21.2 Å². The van der Waals surface area contributed by atoms with Crippen molar-refractivity contribution < 1.29 is 9.32 Å². The summed E-state index contributed by atoms with van der Waals surface area (Å²) in [6.45, 7) is 4.22. The van der Waals surface area contributed by atoms with Gasteiger partial charge >= 0.3 is 6.03 Å². The normalized spacial score (nSPS) is 16.1. The molecule has 1 aliphatic rings. The first-order chi connectivity index (χ1) is 11.6. The van der Waals surface area contributed by atoms with Crippen LogP contribution in [0.1, 0.15) is 67.4 Å². The summed E-state index contributed by atoms with van der Waals surface area (Å²) >= 11 is 0. The third kappa shape index (κ3) is 4.10. The third-order valence-corrected chi connectivity index (χ3v) is 4.28. The van der Waals surface area contributed by atoms with E-state index >= 15 is 0 Å². The molecule has 2 heterocycles. The zero-order valence-corrected chi connectivity index (χ0v) is 14.1. The van der Waals surface area contributed by atoms with Crippen molar-refractivity contribution in [2.75, 3.05) is 0 Å². The molecule has 0 spiro atoms. The lowest BCUT2D eigenvalue weighted by molar-refractivity contribution is 0.233. The minimum Gasteiger partial charge on any atom is -0.337 e. The van der Waals surface area contributed by atoms with E-state index < -0.39 is 0 Å². The average Bonchev–Trinajstić information content (AvgIpc) is 3.24. The number of amides is 2. The molecule has 0 saturated heterocycles. The van der Waals surface area contributed by atoms with E-state index in [0.717, 1.165) is 29.8 Å². The average molecular weight is 329 g/mol. The maximum absolute atomic E-state index is 12.0. The van der Waals surface area contributed by atoms with E-state index in [1.165, 1.54) is 12.8 Å². The highest BCUT2D eigenvalue weighted by Gasteiger charge is 2.24. The van der Waals surface area contributed by atoms with Gasteiger partial charge in [0.05, 0.1) is 0 Å². The quantitative estimate of drug-likeness (QED) is 0.879. The van der Waals surface area contributed by atoms with Gasteiger partial charge in [-0.3, -0.25) is 4.98 Å². The molecule has 0 radical (unpaired) electrons. The van der Waals surface area contributed by atoms with Crippen molar-refractivity contribution in [3.63, 3.8) is 0 Å². The van der Waals surface area contributed by atoms with Gasteiger partial charge in [-0.15, -0.1) is 0 Å². The molecular formula is C17H23N5O2. The van der Waals surface area contributed by atoms with Crippen LogP contribution in [0.15, 0.2) is 23.0 Å². The van der Waals surface area contributed by atoms with Crippen molar-refractivity contribution in [3.05, 3.63) is 41.3 Å². The number of carbonyl (C=O) groups excluding carboxylic acids is 1. The molecule has 1 saturated carbocycles. The zero-order valence-electron chi connectivity index (χ0n) is 14.1. The summed E-state index contributed by atoms with van der Waals surface area (Å²) in [5, 5.41) is 9.69. The van der Waals surface area contributed by atoms with Gasteiger partial charge in [-0.25, -0.2) is 4.79 Å². The van der Waals surface area contributed by atoms with Crippen LogP contribution >= 0.6 is 0 Å². The van der Waals surface area contributed by atoms with Gasteiger partial charge in [0.1, 0.15) is 6.04 Å². The smallest absolute Gasteiger partial charge is 0.315 e. The van der Waals surface area contributed by atoms with E-state index in [-0.39, 0.29) is 12.1 Å². The Bertz CT molecular complexity index is 694. The van der Waals surface area contributed by atoms with Crippen LogP contribution in [0.25, 0.3) is 0 Å². The molecule has 1 aliphatic carbocycles. The van der Waals surface area contributed by atoms with Crippen molar-refractivity contribution in [2.45, 2.75) is 58.0 Å². The second kappa shape index (κ2) is 7.42. The fourth-order valence-corrected chi connectivity index (χ4v) is 2.98. The van der Waals surface area contributed by atoms with Gasteiger partial charge in [0.2, 0.25) is 5.89 Å². The summed E-state index contributed by atoms with van der Waals surface area (Å²) < 4.78 is 5.30. The highest BCUT2D eigenvalue weighted by atomic mass is 16.5.